The molecule has 0 radical (unpaired) electrons. The van der Waals surface area contributed by atoms with E-state index in [9.17, 15) is 4.39 Å². The van der Waals surface area contributed by atoms with Crippen LogP contribution in [0.4, 0.5) is 10.1 Å². The first-order valence-electron chi connectivity index (χ1n) is 14.3. The lowest BCUT2D eigenvalue weighted by Gasteiger charge is -2.28. The Labute approximate surface area is 254 Å². The van der Waals surface area contributed by atoms with Crippen LogP contribution in [-0.2, 0) is 6.54 Å². The molecule has 11 heteroatoms. The van der Waals surface area contributed by atoms with Crippen molar-refractivity contribution in [2.45, 2.75) is 25.8 Å². The highest BCUT2D eigenvalue weighted by Crippen LogP contribution is 2.34. The topological polar surface area (TPSA) is 120 Å². The van der Waals surface area contributed by atoms with E-state index in [-0.39, 0.29) is 5.82 Å². The van der Waals surface area contributed by atoms with Gasteiger partial charge in [-0.3, -0.25) is 19.8 Å². The monoisotopic (exact) mass is 605 g/mol. The molecule has 1 aliphatic rings. The van der Waals surface area contributed by atoms with Gasteiger partial charge in [0.2, 0.25) is 0 Å². The maximum atomic E-state index is 14.7. The molecule has 5 heterocycles. The minimum Gasteiger partial charge on any atom is -0.358 e. The van der Waals surface area contributed by atoms with Gasteiger partial charge in [0.1, 0.15) is 11.3 Å². The number of aromatic nitrogens is 7. The average Bonchev–Trinajstić information content (AvgIpc) is 3.58. The quantitative estimate of drug-likeness (QED) is 0.134. The van der Waals surface area contributed by atoms with Crippen LogP contribution < -0.4 is 10.0 Å². The van der Waals surface area contributed by atoms with Gasteiger partial charge in [0.05, 0.1) is 40.3 Å². The van der Waals surface area contributed by atoms with Gasteiger partial charge in [0.15, 0.2) is 11.5 Å². The molecule has 1 fully saturated rings. The first kappa shape index (κ1) is 27.9. The fraction of sp³-hybridized carbons (Fsp3) is 0.182. The van der Waals surface area contributed by atoms with E-state index in [0.717, 1.165) is 33.7 Å². The Morgan fingerprint density at radius 2 is 1.82 bits per heavy atom. The van der Waals surface area contributed by atoms with E-state index in [1.807, 2.05) is 30.5 Å². The Hall–Kier alpha value is -4.87. The number of allylic oxidation sites excluding steroid dienone is 1. The van der Waals surface area contributed by atoms with Gasteiger partial charge in [-0.25, -0.2) is 14.4 Å². The third-order valence-corrected chi connectivity index (χ3v) is 8.70. The third kappa shape index (κ3) is 5.59. The van der Waals surface area contributed by atoms with Gasteiger partial charge in [-0.15, -0.1) is 0 Å². The second kappa shape index (κ2) is 11.0. The van der Waals surface area contributed by atoms with E-state index in [1.165, 1.54) is 31.4 Å². The maximum Gasteiger partial charge on any atom is 0.161 e. The Morgan fingerprint density at radius 1 is 0.977 bits per heavy atom. The van der Waals surface area contributed by atoms with Crippen molar-refractivity contribution in [3.8, 4) is 33.9 Å². The highest BCUT2D eigenvalue weighted by Gasteiger charge is 2.21. The Bertz CT molecular complexity index is 2160. The summed E-state index contributed by atoms with van der Waals surface area (Å²) in [5.41, 5.74) is 9.09. The van der Waals surface area contributed by atoms with E-state index in [1.54, 1.807) is 24.8 Å². The minimum absolute atomic E-state index is 0.340. The summed E-state index contributed by atoms with van der Waals surface area (Å²) in [6, 6.07) is 10.9. The lowest BCUT2D eigenvalue weighted by Crippen LogP contribution is -2.18. The molecule has 6 aromatic rings. The molecule has 4 N–H and O–H groups in total. The van der Waals surface area contributed by atoms with Gasteiger partial charge in [-0.1, -0.05) is 24.7 Å². The summed E-state index contributed by atoms with van der Waals surface area (Å²) in [6.07, 6.45) is 12.5. The van der Waals surface area contributed by atoms with Crippen LogP contribution in [0.1, 0.15) is 24.8 Å². The zero-order valence-corrected chi connectivity index (χ0v) is 25.1. The number of hydrogen-bond donors (Lipinski definition) is 4. The largest absolute Gasteiger partial charge is 0.358 e. The fourth-order valence-corrected chi connectivity index (χ4v) is 5.85. The average molecular weight is 606 g/mol. The number of aromatic amines is 2. The van der Waals surface area contributed by atoms with Crippen LogP contribution in [0.2, 0.25) is 0 Å². The molecule has 0 atom stereocenters. The van der Waals surface area contributed by atoms with Gasteiger partial charge in [0, 0.05) is 35.8 Å². The smallest absolute Gasteiger partial charge is 0.161 e. The number of H-pyrrole nitrogens is 2. The number of nitrogens with one attached hydrogen (secondary N) is 4. The van der Waals surface area contributed by atoms with Gasteiger partial charge < -0.3 is 10.3 Å². The second-order valence-electron chi connectivity index (χ2n) is 11.5. The van der Waals surface area contributed by atoms with Crippen LogP contribution in [0.15, 0.2) is 73.5 Å². The zero-order valence-electron chi connectivity index (χ0n) is 24.3. The number of benzene rings is 1. The lowest BCUT2D eigenvalue weighted by atomic mass is 9.83. The van der Waals surface area contributed by atoms with Gasteiger partial charge in [0.25, 0.3) is 0 Å². The summed E-state index contributed by atoms with van der Waals surface area (Å²) in [6.45, 7) is 4.67. The first-order valence-corrected chi connectivity index (χ1v) is 16.7. The van der Waals surface area contributed by atoms with Crippen molar-refractivity contribution >= 4 is 48.9 Å². The predicted molar refractivity (Wildman–Crippen MR) is 180 cm³/mol. The van der Waals surface area contributed by atoms with Crippen LogP contribution in [0.3, 0.4) is 0 Å². The van der Waals surface area contributed by atoms with Gasteiger partial charge >= 0.3 is 0 Å². The number of pyridine rings is 3. The van der Waals surface area contributed by atoms with Gasteiger partial charge in [-0.05, 0) is 72.5 Å². The van der Waals surface area contributed by atoms with Crippen molar-refractivity contribution in [3.63, 3.8) is 0 Å². The van der Waals surface area contributed by atoms with E-state index in [2.05, 4.69) is 53.5 Å². The normalized spacial score (nSPS) is 13.8. The van der Waals surface area contributed by atoms with E-state index < -0.39 is 9.39 Å². The van der Waals surface area contributed by atoms with E-state index >= 15 is 0 Å². The van der Waals surface area contributed by atoms with Crippen LogP contribution in [-0.4, -0.2) is 53.1 Å². The van der Waals surface area contributed by atoms with E-state index in [4.69, 9.17) is 9.97 Å². The zero-order chi connectivity index (χ0) is 30.4. The van der Waals surface area contributed by atoms with Crippen molar-refractivity contribution in [2.24, 2.45) is 5.92 Å². The molecule has 44 heavy (non-hydrogen) atoms. The van der Waals surface area contributed by atoms with Gasteiger partial charge in [-0.2, -0.15) is 14.5 Å². The molecule has 1 saturated carbocycles. The third-order valence-electron chi connectivity index (χ3n) is 7.86. The van der Waals surface area contributed by atoms with Crippen molar-refractivity contribution in [3.05, 3.63) is 84.8 Å². The van der Waals surface area contributed by atoms with E-state index in [0.29, 0.717) is 51.7 Å². The summed E-state index contributed by atoms with van der Waals surface area (Å²) in [5.74, 6) is 8.80. The lowest BCUT2D eigenvalue weighted by molar-refractivity contribution is 0.371. The minimum atomic E-state index is -1.45. The van der Waals surface area contributed by atoms with Crippen LogP contribution in [0, 0.1) is 11.7 Å². The second-order valence-corrected chi connectivity index (χ2v) is 14.4. The summed E-state index contributed by atoms with van der Waals surface area (Å²) >= 11 is 0. The molecule has 222 valence electrons. The summed E-state index contributed by atoms with van der Waals surface area (Å²) in [7, 11) is -1.45. The predicted octanol–water partition coefficient (Wildman–Crippen LogP) is 6.79. The highest BCUT2D eigenvalue weighted by atomic mass is 32.2. The maximum absolute atomic E-state index is 14.7. The van der Waals surface area contributed by atoms with Crippen molar-refractivity contribution in [1.82, 2.24) is 39.8 Å². The molecule has 0 bridgehead atoms. The number of imidazole rings is 1. The van der Waals surface area contributed by atoms with Crippen LogP contribution in [0.5, 0.6) is 0 Å². The molecule has 9 nitrogen and oxygen atoms in total. The number of nitrogens with zero attached hydrogens (tertiary/aromatic N) is 5. The Morgan fingerprint density at radius 3 is 2.61 bits per heavy atom. The number of hydrogen-bond acceptors (Lipinski definition) is 7. The molecule has 7 rings (SSSR count). The molecule has 1 aliphatic carbocycles. The van der Waals surface area contributed by atoms with Crippen molar-refractivity contribution in [1.29, 1.82) is 0 Å². The summed E-state index contributed by atoms with van der Waals surface area (Å²) in [5, 5.41) is 11.0. The van der Waals surface area contributed by atoms with Crippen molar-refractivity contribution in [2.75, 3.05) is 11.6 Å². The Kier molecular flexibility index (Phi) is 6.98. The molecule has 0 aliphatic heterocycles. The molecule has 0 saturated heterocycles. The SMILES string of the molecule is C=C(Nc1cncc(-c2ccc3[nH]nc(-c4nc5c(-c6cc(F)cc(CNS(=C)(=C)C)c6)cncc5[nH]4)c3n2)c1)C1CCC1. The molecule has 5 aromatic heterocycles. The standard InChI is InChI=1S/C33H32FN9S/c1-19(21-6-5-7-21)38-25-13-23(15-35-16-25)27-8-9-28-31(39-27)32(43-42-28)33-40-29-18-36-17-26(30(29)41-33)22-10-20(11-24(34)12-22)14-37-44(2,3)4/h8-13,15-18,21,37-38H,1-3,5-7,14H2,4H3,(H,40,41)(H,42,43). The fourth-order valence-electron chi connectivity index (χ4n) is 5.34. The molecule has 0 spiro atoms. The Balaban J connectivity index is 1.23. The molecule has 1 aromatic carbocycles. The number of halogens is 1. The van der Waals surface area contributed by atoms with Crippen molar-refractivity contribution < 1.29 is 4.39 Å². The highest BCUT2D eigenvalue weighted by molar-refractivity contribution is 8.25. The molecule has 0 amide bonds. The number of rotatable bonds is 9. The van der Waals surface area contributed by atoms with Crippen LogP contribution in [0.25, 0.3) is 56.0 Å². The number of fused-ring (bicyclic) bond motifs is 2. The summed E-state index contributed by atoms with van der Waals surface area (Å²) < 4.78 is 18.0. The molecular formula is C33H32FN9S. The van der Waals surface area contributed by atoms with Crippen LogP contribution >= 0.6 is 9.39 Å². The molecular weight excluding hydrogens is 573 g/mol. The molecule has 0 unspecified atom stereocenters. The summed E-state index contributed by atoms with van der Waals surface area (Å²) in [4.78, 5) is 22.0. The number of anilines is 1. The first-order chi connectivity index (χ1) is 21.2.